The number of imidazole rings is 1. The van der Waals surface area contributed by atoms with Gasteiger partial charge in [0.25, 0.3) is 0 Å². The molecule has 1 heterocycles. The van der Waals surface area contributed by atoms with Crippen LogP contribution in [0.5, 0.6) is 0 Å². The van der Waals surface area contributed by atoms with Gasteiger partial charge in [0, 0.05) is 12.0 Å². The predicted octanol–water partition coefficient (Wildman–Crippen LogP) is 3.85. The molecule has 3 atom stereocenters. The molecular weight excluding hydrogens is 298 g/mol. The van der Waals surface area contributed by atoms with E-state index in [1.165, 1.54) is 25.7 Å². The van der Waals surface area contributed by atoms with Crippen molar-refractivity contribution in [1.29, 1.82) is 0 Å². The smallest absolute Gasteiger partial charge is 0.240 e. The van der Waals surface area contributed by atoms with Gasteiger partial charge in [-0.3, -0.25) is 4.79 Å². The summed E-state index contributed by atoms with van der Waals surface area (Å²) in [5.74, 6) is 3.02. The van der Waals surface area contributed by atoms with Crippen LogP contribution in [0.25, 0.3) is 11.0 Å². The van der Waals surface area contributed by atoms with Crippen molar-refractivity contribution in [2.45, 2.75) is 64.5 Å². The SMILES string of the molecule is CC1CCCC(NC(=O)Cn2c(C3CC3)nc3ccccc32)C1C. The summed E-state index contributed by atoms with van der Waals surface area (Å²) in [4.78, 5) is 17.5. The zero-order chi connectivity index (χ0) is 16.7. The van der Waals surface area contributed by atoms with Crippen LogP contribution in [0.1, 0.15) is 57.7 Å². The highest BCUT2D eigenvalue weighted by atomic mass is 16.2. The number of para-hydroxylation sites is 2. The van der Waals surface area contributed by atoms with Crippen molar-refractivity contribution in [2.24, 2.45) is 11.8 Å². The highest BCUT2D eigenvalue weighted by molar-refractivity contribution is 5.81. The number of nitrogens with zero attached hydrogens (tertiary/aromatic N) is 2. The number of aromatic nitrogens is 2. The van der Waals surface area contributed by atoms with Crippen molar-refractivity contribution < 1.29 is 4.79 Å². The van der Waals surface area contributed by atoms with E-state index < -0.39 is 0 Å². The van der Waals surface area contributed by atoms with Crippen molar-refractivity contribution in [2.75, 3.05) is 0 Å². The maximum Gasteiger partial charge on any atom is 0.240 e. The fourth-order valence-corrected chi connectivity index (χ4v) is 4.10. The number of carbonyl (C=O) groups excluding carboxylic acids is 1. The van der Waals surface area contributed by atoms with Gasteiger partial charge in [0.2, 0.25) is 5.91 Å². The first-order valence-corrected chi connectivity index (χ1v) is 9.38. The highest BCUT2D eigenvalue weighted by Crippen LogP contribution is 2.40. The number of carbonyl (C=O) groups is 1. The van der Waals surface area contributed by atoms with Gasteiger partial charge in [-0.05, 0) is 43.2 Å². The number of amides is 1. The van der Waals surface area contributed by atoms with E-state index in [4.69, 9.17) is 4.98 Å². The minimum atomic E-state index is 0.131. The van der Waals surface area contributed by atoms with Crippen molar-refractivity contribution in [3.8, 4) is 0 Å². The molecule has 0 saturated heterocycles. The predicted molar refractivity (Wildman–Crippen MR) is 95.8 cm³/mol. The molecule has 1 amide bonds. The van der Waals surface area contributed by atoms with Crippen LogP contribution in [0.3, 0.4) is 0 Å². The highest BCUT2D eigenvalue weighted by Gasteiger charge is 2.31. The van der Waals surface area contributed by atoms with E-state index in [0.717, 1.165) is 23.3 Å². The molecule has 1 aromatic heterocycles. The van der Waals surface area contributed by atoms with Gasteiger partial charge in [-0.2, -0.15) is 0 Å². The summed E-state index contributed by atoms with van der Waals surface area (Å²) >= 11 is 0. The Balaban J connectivity index is 1.53. The Morgan fingerprint density at radius 2 is 2.00 bits per heavy atom. The minimum Gasteiger partial charge on any atom is -0.352 e. The quantitative estimate of drug-likeness (QED) is 0.928. The summed E-state index contributed by atoms with van der Waals surface area (Å²) in [6.45, 7) is 4.97. The van der Waals surface area contributed by atoms with E-state index in [1.807, 2.05) is 18.2 Å². The van der Waals surface area contributed by atoms with Gasteiger partial charge in [-0.1, -0.05) is 38.8 Å². The molecular formula is C20H27N3O. The lowest BCUT2D eigenvalue weighted by molar-refractivity contribution is -0.123. The summed E-state index contributed by atoms with van der Waals surface area (Å²) in [6.07, 6.45) is 6.00. The Morgan fingerprint density at radius 3 is 2.79 bits per heavy atom. The van der Waals surface area contributed by atoms with Crippen molar-refractivity contribution in [1.82, 2.24) is 14.9 Å². The molecule has 128 valence electrons. The van der Waals surface area contributed by atoms with Crippen LogP contribution in [-0.4, -0.2) is 21.5 Å². The molecule has 4 rings (SSSR count). The fourth-order valence-electron chi connectivity index (χ4n) is 4.10. The molecule has 0 bridgehead atoms. The van der Waals surface area contributed by atoms with Crippen LogP contribution in [0.2, 0.25) is 0 Å². The van der Waals surface area contributed by atoms with Crippen LogP contribution in [-0.2, 0) is 11.3 Å². The van der Waals surface area contributed by atoms with Crippen LogP contribution < -0.4 is 5.32 Å². The Kier molecular flexibility index (Phi) is 4.07. The molecule has 24 heavy (non-hydrogen) atoms. The van der Waals surface area contributed by atoms with E-state index in [-0.39, 0.29) is 5.91 Å². The summed E-state index contributed by atoms with van der Waals surface area (Å²) < 4.78 is 2.14. The van der Waals surface area contributed by atoms with Gasteiger partial charge in [0.15, 0.2) is 0 Å². The second-order valence-corrected chi connectivity index (χ2v) is 7.76. The summed E-state index contributed by atoms with van der Waals surface area (Å²) in [5.41, 5.74) is 2.09. The van der Waals surface area contributed by atoms with E-state index in [0.29, 0.717) is 30.3 Å². The fraction of sp³-hybridized carbons (Fsp3) is 0.600. The number of nitrogens with one attached hydrogen (secondary N) is 1. The van der Waals surface area contributed by atoms with Crippen LogP contribution >= 0.6 is 0 Å². The Labute approximate surface area is 143 Å². The molecule has 2 aliphatic carbocycles. The lowest BCUT2D eigenvalue weighted by Gasteiger charge is -2.34. The van der Waals surface area contributed by atoms with Crippen molar-refractivity contribution >= 4 is 16.9 Å². The monoisotopic (exact) mass is 325 g/mol. The molecule has 0 aliphatic heterocycles. The second-order valence-electron chi connectivity index (χ2n) is 7.76. The standard InChI is InChI=1S/C20H27N3O/c1-13-6-5-8-16(14(13)2)21-19(24)12-23-18-9-4-3-7-17(18)22-20(23)15-10-11-15/h3-4,7,9,13-16H,5-6,8,10-12H2,1-2H3,(H,21,24). The molecule has 0 radical (unpaired) electrons. The number of rotatable bonds is 4. The van der Waals surface area contributed by atoms with Crippen LogP contribution in [0.4, 0.5) is 0 Å². The molecule has 1 N–H and O–H groups in total. The summed E-state index contributed by atoms with van der Waals surface area (Å²) in [5, 5.41) is 3.30. The van der Waals surface area contributed by atoms with Gasteiger partial charge in [-0.15, -0.1) is 0 Å². The first-order valence-electron chi connectivity index (χ1n) is 9.38. The average Bonchev–Trinajstić information content (AvgIpc) is 3.35. The van der Waals surface area contributed by atoms with Crippen molar-refractivity contribution in [3.05, 3.63) is 30.1 Å². The van der Waals surface area contributed by atoms with Crippen LogP contribution in [0.15, 0.2) is 24.3 Å². The maximum absolute atomic E-state index is 12.7. The molecule has 0 spiro atoms. The lowest BCUT2D eigenvalue weighted by Crippen LogP contribution is -2.44. The molecule has 1 aromatic carbocycles. The van der Waals surface area contributed by atoms with Gasteiger partial charge >= 0.3 is 0 Å². The number of hydrogen-bond donors (Lipinski definition) is 1. The maximum atomic E-state index is 12.7. The average molecular weight is 325 g/mol. The Bertz CT molecular complexity index is 746. The Morgan fingerprint density at radius 1 is 1.21 bits per heavy atom. The molecule has 2 saturated carbocycles. The molecule has 2 aliphatic rings. The first kappa shape index (κ1) is 15.7. The van der Waals surface area contributed by atoms with Gasteiger partial charge in [0.05, 0.1) is 11.0 Å². The lowest BCUT2D eigenvalue weighted by atomic mass is 9.78. The van der Waals surface area contributed by atoms with Gasteiger partial charge < -0.3 is 9.88 Å². The summed E-state index contributed by atoms with van der Waals surface area (Å²) in [6, 6.07) is 8.48. The molecule has 4 nitrogen and oxygen atoms in total. The number of benzene rings is 1. The second kappa shape index (κ2) is 6.23. The third-order valence-electron chi connectivity index (χ3n) is 5.98. The largest absolute Gasteiger partial charge is 0.352 e. The van der Waals surface area contributed by atoms with E-state index in [2.05, 4.69) is 29.8 Å². The summed E-state index contributed by atoms with van der Waals surface area (Å²) in [7, 11) is 0. The van der Waals surface area contributed by atoms with Crippen molar-refractivity contribution in [3.63, 3.8) is 0 Å². The Hall–Kier alpha value is -1.84. The van der Waals surface area contributed by atoms with Gasteiger partial charge in [0.1, 0.15) is 12.4 Å². The topological polar surface area (TPSA) is 46.9 Å². The molecule has 2 aromatic rings. The minimum absolute atomic E-state index is 0.131. The normalized spacial score (nSPS) is 27.3. The van der Waals surface area contributed by atoms with Crippen LogP contribution in [0, 0.1) is 11.8 Å². The van der Waals surface area contributed by atoms with E-state index in [9.17, 15) is 4.79 Å². The third kappa shape index (κ3) is 2.94. The third-order valence-corrected chi connectivity index (χ3v) is 5.98. The zero-order valence-electron chi connectivity index (χ0n) is 14.7. The molecule has 3 unspecified atom stereocenters. The van der Waals surface area contributed by atoms with E-state index in [1.54, 1.807) is 0 Å². The number of fused-ring (bicyclic) bond motifs is 1. The molecule has 2 fully saturated rings. The molecule has 4 heteroatoms. The van der Waals surface area contributed by atoms with E-state index >= 15 is 0 Å². The first-order chi connectivity index (χ1) is 11.6. The zero-order valence-corrected chi connectivity index (χ0v) is 14.7. The number of hydrogen-bond acceptors (Lipinski definition) is 2. The van der Waals surface area contributed by atoms with Gasteiger partial charge in [-0.25, -0.2) is 4.98 Å².